The summed E-state index contributed by atoms with van der Waals surface area (Å²) in [5, 5.41) is 0. The fraction of sp³-hybridized carbons (Fsp3) is 0.333. The van der Waals surface area contributed by atoms with Crippen LogP contribution in [0.3, 0.4) is 0 Å². The van der Waals surface area contributed by atoms with Crippen molar-refractivity contribution in [3.05, 3.63) is 82.2 Å². The lowest BCUT2D eigenvalue weighted by Gasteiger charge is -2.34. The van der Waals surface area contributed by atoms with Gasteiger partial charge in [0.1, 0.15) is 5.52 Å². The molecule has 5 heterocycles. The van der Waals surface area contributed by atoms with Gasteiger partial charge in [-0.15, -0.1) is 0 Å². The van der Waals surface area contributed by atoms with Gasteiger partial charge in [0.2, 0.25) is 0 Å². The van der Waals surface area contributed by atoms with Gasteiger partial charge >= 0.3 is 12.4 Å². The SMILES string of the molecule is O=c1c(C2CCN(c3cnccc3C(F)(F)F)CC2)cc2nccnc2n1Cc1nccnc1C(F)(F)F. The summed E-state index contributed by atoms with van der Waals surface area (Å²) in [5.41, 5.74) is -2.36. The van der Waals surface area contributed by atoms with Gasteiger partial charge in [0, 0.05) is 49.6 Å². The number of anilines is 1. The number of halogens is 6. The summed E-state index contributed by atoms with van der Waals surface area (Å²) in [7, 11) is 0. The molecule has 8 nitrogen and oxygen atoms in total. The van der Waals surface area contributed by atoms with Crippen LogP contribution in [-0.2, 0) is 18.9 Å². The molecule has 1 saturated heterocycles. The molecule has 0 radical (unpaired) electrons. The number of rotatable bonds is 4. The Morgan fingerprint density at radius 1 is 0.868 bits per heavy atom. The molecule has 0 saturated carbocycles. The lowest BCUT2D eigenvalue weighted by molar-refractivity contribution is -0.142. The molecule has 1 fully saturated rings. The third-order valence-electron chi connectivity index (χ3n) is 6.48. The van der Waals surface area contributed by atoms with Crippen molar-refractivity contribution in [2.75, 3.05) is 18.0 Å². The predicted octanol–water partition coefficient (Wildman–Crippen LogP) is 4.45. The molecule has 4 aromatic rings. The Hall–Kier alpha value is -4.10. The molecule has 198 valence electrons. The van der Waals surface area contributed by atoms with Crippen LogP contribution in [0.1, 0.15) is 41.3 Å². The second-order valence-corrected chi connectivity index (χ2v) is 8.76. The van der Waals surface area contributed by atoms with Crippen LogP contribution in [0.5, 0.6) is 0 Å². The first kappa shape index (κ1) is 25.5. The number of fused-ring (bicyclic) bond motifs is 1. The molecule has 0 aromatic carbocycles. The van der Waals surface area contributed by atoms with Crippen LogP contribution in [0.4, 0.5) is 32.0 Å². The van der Waals surface area contributed by atoms with E-state index in [4.69, 9.17) is 0 Å². The zero-order valence-electron chi connectivity index (χ0n) is 19.5. The van der Waals surface area contributed by atoms with Gasteiger partial charge < -0.3 is 4.90 Å². The Balaban J connectivity index is 1.49. The molecule has 1 aliphatic rings. The summed E-state index contributed by atoms with van der Waals surface area (Å²) in [5.74, 6) is -0.355. The Morgan fingerprint density at radius 2 is 1.55 bits per heavy atom. The highest BCUT2D eigenvalue weighted by Gasteiger charge is 2.37. The van der Waals surface area contributed by atoms with Crippen LogP contribution < -0.4 is 10.5 Å². The van der Waals surface area contributed by atoms with Crippen molar-refractivity contribution in [1.82, 2.24) is 29.5 Å². The monoisotopic (exact) mass is 535 g/mol. The van der Waals surface area contributed by atoms with Crippen LogP contribution in [0, 0.1) is 0 Å². The van der Waals surface area contributed by atoms with E-state index < -0.39 is 41.4 Å². The topological polar surface area (TPSA) is 89.7 Å². The maximum absolute atomic E-state index is 13.6. The fourth-order valence-electron chi connectivity index (χ4n) is 4.73. The lowest BCUT2D eigenvalue weighted by Crippen LogP contribution is -2.37. The van der Waals surface area contributed by atoms with Gasteiger partial charge in [0.15, 0.2) is 11.3 Å². The first-order valence-corrected chi connectivity index (χ1v) is 11.5. The molecule has 38 heavy (non-hydrogen) atoms. The van der Waals surface area contributed by atoms with Crippen LogP contribution in [0.15, 0.2) is 54.1 Å². The van der Waals surface area contributed by atoms with E-state index in [1.165, 1.54) is 18.6 Å². The van der Waals surface area contributed by atoms with E-state index >= 15 is 0 Å². The summed E-state index contributed by atoms with van der Waals surface area (Å²) in [6, 6.07) is 2.47. The number of alkyl halides is 6. The molecule has 0 bridgehead atoms. The molecule has 5 rings (SSSR count). The normalized spacial score (nSPS) is 15.3. The van der Waals surface area contributed by atoms with Crippen molar-refractivity contribution in [1.29, 1.82) is 0 Å². The average molecular weight is 535 g/mol. The van der Waals surface area contributed by atoms with Crippen LogP contribution in [0.2, 0.25) is 0 Å². The van der Waals surface area contributed by atoms with E-state index in [0.29, 0.717) is 23.9 Å². The lowest BCUT2D eigenvalue weighted by atomic mass is 9.89. The molecular weight excluding hydrogens is 516 g/mol. The third-order valence-corrected chi connectivity index (χ3v) is 6.48. The zero-order valence-corrected chi connectivity index (χ0v) is 19.5. The molecule has 0 spiro atoms. The number of piperidine rings is 1. The number of hydrogen-bond donors (Lipinski definition) is 0. The van der Waals surface area contributed by atoms with Gasteiger partial charge in [0.05, 0.1) is 29.7 Å². The molecule has 1 aliphatic heterocycles. The van der Waals surface area contributed by atoms with Crippen molar-refractivity contribution in [3.63, 3.8) is 0 Å². The van der Waals surface area contributed by atoms with Gasteiger partial charge in [-0.25, -0.2) is 9.97 Å². The molecular formula is C24H19F6N7O. The highest BCUT2D eigenvalue weighted by Crippen LogP contribution is 2.38. The van der Waals surface area contributed by atoms with Crippen molar-refractivity contribution >= 4 is 16.9 Å². The molecule has 0 amide bonds. The van der Waals surface area contributed by atoms with E-state index in [2.05, 4.69) is 24.9 Å². The summed E-state index contributed by atoms with van der Waals surface area (Å²) < 4.78 is 82.1. The van der Waals surface area contributed by atoms with Crippen LogP contribution in [-0.4, -0.2) is 42.6 Å². The number of hydrogen-bond acceptors (Lipinski definition) is 7. The Bertz CT molecular complexity index is 1530. The van der Waals surface area contributed by atoms with Gasteiger partial charge in [-0.2, -0.15) is 26.3 Å². The zero-order chi connectivity index (χ0) is 27.1. The van der Waals surface area contributed by atoms with Gasteiger partial charge in [0.25, 0.3) is 5.56 Å². The summed E-state index contributed by atoms with van der Waals surface area (Å²) in [4.78, 5) is 34.6. The maximum Gasteiger partial charge on any atom is 0.435 e. The van der Waals surface area contributed by atoms with Crippen molar-refractivity contribution in [2.24, 2.45) is 0 Å². The predicted molar refractivity (Wildman–Crippen MR) is 123 cm³/mol. The molecule has 4 aromatic heterocycles. The second kappa shape index (κ2) is 9.65. The summed E-state index contributed by atoms with van der Waals surface area (Å²) in [6.07, 6.45) is -1.65. The van der Waals surface area contributed by atoms with Gasteiger partial charge in [-0.3, -0.25) is 24.3 Å². The molecule has 0 unspecified atom stereocenters. The minimum Gasteiger partial charge on any atom is -0.370 e. The van der Waals surface area contributed by atoms with E-state index in [1.54, 1.807) is 11.0 Å². The molecule has 0 aliphatic carbocycles. The summed E-state index contributed by atoms with van der Waals surface area (Å²) in [6.45, 7) is -0.0897. The minimum absolute atomic E-state index is 0.0393. The summed E-state index contributed by atoms with van der Waals surface area (Å²) >= 11 is 0. The second-order valence-electron chi connectivity index (χ2n) is 8.76. The van der Waals surface area contributed by atoms with Crippen LogP contribution in [0.25, 0.3) is 11.2 Å². The third kappa shape index (κ3) is 4.89. The maximum atomic E-state index is 13.6. The highest BCUT2D eigenvalue weighted by molar-refractivity contribution is 5.71. The van der Waals surface area contributed by atoms with E-state index in [0.717, 1.165) is 29.2 Å². The fourth-order valence-corrected chi connectivity index (χ4v) is 4.73. The molecule has 0 atom stereocenters. The average Bonchev–Trinajstić information content (AvgIpc) is 2.89. The van der Waals surface area contributed by atoms with Crippen molar-refractivity contribution < 1.29 is 26.3 Å². The minimum atomic E-state index is -4.78. The van der Waals surface area contributed by atoms with Gasteiger partial charge in [-0.05, 0) is 30.9 Å². The standard InChI is InChI=1S/C24H19F6N7O/c25-23(26,27)16-1-4-31-12-19(16)36-9-2-14(3-10-36)15-11-17-21(35-8-6-32-17)37(22(15)38)13-18-20(24(28,29)30)34-7-5-33-18/h1,4-8,11-12,14H,2-3,9-10,13H2. The number of nitrogens with zero attached hydrogens (tertiary/aromatic N) is 7. The highest BCUT2D eigenvalue weighted by atomic mass is 19.4. The largest absolute Gasteiger partial charge is 0.435 e. The van der Waals surface area contributed by atoms with E-state index in [1.807, 2.05) is 0 Å². The Kier molecular flexibility index (Phi) is 6.49. The Morgan fingerprint density at radius 3 is 2.26 bits per heavy atom. The first-order chi connectivity index (χ1) is 18.0. The molecule has 0 N–H and O–H groups in total. The number of pyridine rings is 2. The van der Waals surface area contributed by atoms with E-state index in [-0.39, 0.29) is 30.3 Å². The van der Waals surface area contributed by atoms with Crippen molar-refractivity contribution in [2.45, 2.75) is 37.7 Å². The van der Waals surface area contributed by atoms with Crippen molar-refractivity contribution in [3.8, 4) is 0 Å². The van der Waals surface area contributed by atoms with Gasteiger partial charge in [-0.1, -0.05) is 0 Å². The van der Waals surface area contributed by atoms with E-state index in [9.17, 15) is 31.1 Å². The Labute approximate surface area is 211 Å². The first-order valence-electron chi connectivity index (χ1n) is 11.5. The smallest absolute Gasteiger partial charge is 0.370 e. The number of aromatic nitrogens is 6. The van der Waals surface area contributed by atoms with Crippen LogP contribution >= 0.6 is 0 Å². The molecule has 14 heteroatoms. The quantitative estimate of drug-likeness (QED) is 0.357.